The molecule has 28 heavy (non-hydrogen) atoms. The van der Waals surface area contributed by atoms with Gasteiger partial charge in [0.05, 0.1) is 5.52 Å². The van der Waals surface area contributed by atoms with Crippen LogP contribution >= 0.6 is 0 Å². The van der Waals surface area contributed by atoms with E-state index in [-0.39, 0.29) is 5.56 Å². The second-order valence-electron chi connectivity index (χ2n) is 8.46. The van der Waals surface area contributed by atoms with Crippen LogP contribution in [-0.2, 0) is 19.9 Å². The molecule has 2 aliphatic rings. The van der Waals surface area contributed by atoms with Crippen LogP contribution in [0.2, 0.25) is 0 Å². The highest BCUT2D eigenvalue weighted by Crippen LogP contribution is 2.33. The maximum atomic E-state index is 12.0. The molecule has 1 aromatic carbocycles. The molecule has 0 saturated carbocycles. The van der Waals surface area contributed by atoms with Crippen molar-refractivity contribution in [3.05, 3.63) is 69.1 Å². The number of benzene rings is 1. The minimum atomic E-state index is 0.0827. The largest absolute Gasteiger partial charge is 0.357 e. The van der Waals surface area contributed by atoms with E-state index in [0.717, 1.165) is 37.3 Å². The summed E-state index contributed by atoms with van der Waals surface area (Å²) in [5.74, 6) is 1.57. The van der Waals surface area contributed by atoms with E-state index in [4.69, 9.17) is 4.98 Å². The predicted molar refractivity (Wildman–Crippen MR) is 114 cm³/mol. The van der Waals surface area contributed by atoms with Gasteiger partial charge in [-0.3, -0.25) is 4.79 Å². The molecule has 2 aromatic heterocycles. The van der Waals surface area contributed by atoms with Crippen LogP contribution < -0.4 is 10.5 Å². The molecule has 0 unspecified atom stereocenters. The minimum Gasteiger partial charge on any atom is -0.357 e. The standard InChI is InChI=1S/C24H27N3O/c1-16-12-23(25-22-14-19-5-3-4-18(19)13-21(16)22)27-10-7-17(8-11-27)20-6-9-26(2)24(28)15-20/h6,9,12-15,17H,3-5,7-8,10-11H2,1-2H3. The van der Waals surface area contributed by atoms with Crippen molar-refractivity contribution in [2.45, 2.75) is 44.9 Å². The molecule has 3 aromatic rings. The molecule has 3 heterocycles. The van der Waals surface area contributed by atoms with Gasteiger partial charge in [-0.1, -0.05) is 0 Å². The van der Waals surface area contributed by atoms with Crippen molar-refractivity contribution >= 4 is 16.7 Å². The second kappa shape index (κ2) is 6.77. The minimum absolute atomic E-state index is 0.0827. The predicted octanol–water partition coefficient (Wildman–Crippen LogP) is 4.11. The van der Waals surface area contributed by atoms with Gasteiger partial charge < -0.3 is 9.47 Å². The molecule has 5 rings (SSSR count). The quantitative estimate of drug-likeness (QED) is 0.678. The van der Waals surface area contributed by atoms with Gasteiger partial charge in [0.15, 0.2) is 0 Å². The zero-order chi connectivity index (χ0) is 19.3. The third-order valence-electron chi connectivity index (χ3n) is 6.63. The summed E-state index contributed by atoms with van der Waals surface area (Å²) >= 11 is 0. The number of aromatic nitrogens is 2. The fraction of sp³-hybridized carbons (Fsp3) is 0.417. The van der Waals surface area contributed by atoms with Crippen molar-refractivity contribution in [3.8, 4) is 0 Å². The summed E-state index contributed by atoms with van der Waals surface area (Å²) < 4.78 is 1.64. The third kappa shape index (κ3) is 3.01. The van der Waals surface area contributed by atoms with Crippen LogP contribution in [0.4, 0.5) is 5.82 Å². The SMILES string of the molecule is Cc1cc(N2CCC(c3ccn(C)c(=O)c3)CC2)nc2cc3c(cc12)CCC3. The van der Waals surface area contributed by atoms with Gasteiger partial charge in [-0.25, -0.2) is 4.98 Å². The number of aryl methyl sites for hydroxylation is 4. The van der Waals surface area contributed by atoms with Gasteiger partial charge in [0.25, 0.3) is 5.56 Å². The Morgan fingerprint density at radius 2 is 1.79 bits per heavy atom. The highest BCUT2D eigenvalue weighted by molar-refractivity contribution is 5.85. The fourth-order valence-corrected chi connectivity index (χ4v) is 4.87. The van der Waals surface area contributed by atoms with E-state index < -0.39 is 0 Å². The summed E-state index contributed by atoms with van der Waals surface area (Å²) in [5.41, 5.74) is 6.73. The molecule has 4 heteroatoms. The molecule has 1 saturated heterocycles. The molecule has 0 radical (unpaired) electrons. The lowest BCUT2D eigenvalue weighted by atomic mass is 9.90. The Kier molecular flexibility index (Phi) is 4.22. The van der Waals surface area contributed by atoms with E-state index in [2.05, 4.69) is 36.1 Å². The van der Waals surface area contributed by atoms with Crippen molar-refractivity contribution in [1.82, 2.24) is 9.55 Å². The molecule has 4 nitrogen and oxygen atoms in total. The molecule has 1 fully saturated rings. The van der Waals surface area contributed by atoms with Crippen LogP contribution in [0.15, 0.2) is 41.3 Å². The number of pyridine rings is 2. The maximum Gasteiger partial charge on any atom is 0.250 e. The summed E-state index contributed by atoms with van der Waals surface area (Å²) in [5, 5.41) is 1.31. The van der Waals surface area contributed by atoms with Crippen LogP contribution in [0, 0.1) is 6.92 Å². The lowest BCUT2D eigenvalue weighted by Crippen LogP contribution is -2.34. The average Bonchev–Trinajstić information content (AvgIpc) is 3.16. The van der Waals surface area contributed by atoms with Gasteiger partial charge in [0, 0.05) is 37.8 Å². The molecule has 0 amide bonds. The third-order valence-corrected chi connectivity index (χ3v) is 6.63. The number of rotatable bonds is 2. The van der Waals surface area contributed by atoms with E-state index in [1.165, 1.54) is 46.9 Å². The fourth-order valence-electron chi connectivity index (χ4n) is 4.87. The van der Waals surface area contributed by atoms with E-state index in [1.54, 1.807) is 17.7 Å². The Balaban J connectivity index is 1.38. The molecule has 1 aliphatic heterocycles. The first kappa shape index (κ1) is 17.5. The van der Waals surface area contributed by atoms with Crippen LogP contribution in [0.25, 0.3) is 10.9 Å². The average molecular weight is 374 g/mol. The smallest absolute Gasteiger partial charge is 0.250 e. The Hall–Kier alpha value is -2.62. The molecule has 0 spiro atoms. The van der Waals surface area contributed by atoms with E-state index in [1.807, 2.05) is 6.20 Å². The number of fused-ring (bicyclic) bond motifs is 2. The van der Waals surface area contributed by atoms with Crippen molar-refractivity contribution in [2.24, 2.45) is 7.05 Å². The van der Waals surface area contributed by atoms with Crippen molar-refractivity contribution in [2.75, 3.05) is 18.0 Å². The normalized spacial score (nSPS) is 17.3. The van der Waals surface area contributed by atoms with Crippen molar-refractivity contribution in [1.29, 1.82) is 0 Å². The number of nitrogens with zero attached hydrogens (tertiary/aromatic N) is 3. The number of piperidine rings is 1. The molecular formula is C24H27N3O. The summed E-state index contributed by atoms with van der Waals surface area (Å²) in [6.07, 6.45) is 7.69. The number of hydrogen-bond donors (Lipinski definition) is 0. The van der Waals surface area contributed by atoms with E-state index in [9.17, 15) is 4.79 Å². The molecule has 0 N–H and O–H groups in total. The molecule has 1 aliphatic carbocycles. The van der Waals surface area contributed by atoms with Crippen LogP contribution in [-0.4, -0.2) is 22.6 Å². The number of anilines is 1. The van der Waals surface area contributed by atoms with E-state index in [0.29, 0.717) is 5.92 Å². The molecule has 144 valence electrons. The highest BCUT2D eigenvalue weighted by Gasteiger charge is 2.23. The van der Waals surface area contributed by atoms with Gasteiger partial charge in [0.2, 0.25) is 0 Å². The second-order valence-corrected chi connectivity index (χ2v) is 8.46. The van der Waals surface area contributed by atoms with E-state index >= 15 is 0 Å². The van der Waals surface area contributed by atoms with Gasteiger partial charge >= 0.3 is 0 Å². The summed E-state index contributed by atoms with van der Waals surface area (Å²) in [6.45, 7) is 4.19. The molecular weight excluding hydrogens is 346 g/mol. The Bertz CT molecular complexity index is 1110. The van der Waals surface area contributed by atoms with Crippen molar-refractivity contribution in [3.63, 3.8) is 0 Å². The molecule has 0 bridgehead atoms. The summed E-state index contributed by atoms with van der Waals surface area (Å²) in [7, 11) is 1.80. The zero-order valence-corrected chi connectivity index (χ0v) is 16.7. The van der Waals surface area contributed by atoms with Crippen LogP contribution in [0.3, 0.4) is 0 Å². The van der Waals surface area contributed by atoms with Gasteiger partial charge in [-0.2, -0.15) is 0 Å². The first-order chi connectivity index (χ1) is 13.6. The first-order valence-corrected chi connectivity index (χ1v) is 10.4. The van der Waals surface area contributed by atoms with Crippen LogP contribution in [0.1, 0.15) is 47.4 Å². The maximum absolute atomic E-state index is 12.0. The summed E-state index contributed by atoms with van der Waals surface area (Å²) in [4.78, 5) is 19.4. The topological polar surface area (TPSA) is 38.1 Å². The van der Waals surface area contributed by atoms with Crippen LogP contribution in [0.5, 0.6) is 0 Å². The first-order valence-electron chi connectivity index (χ1n) is 10.4. The van der Waals surface area contributed by atoms with Gasteiger partial charge in [-0.15, -0.1) is 0 Å². The molecule has 0 atom stereocenters. The monoisotopic (exact) mass is 373 g/mol. The Labute approximate surface area is 165 Å². The Morgan fingerprint density at radius 3 is 2.54 bits per heavy atom. The van der Waals surface area contributed by atoms with Crippen molar-refractivity contribution < 1.29 is 0 Å². The zero-order valence-electron chi connectivity index (χ0n) is 16.7. The van der Waals surface area contributed by atoms with Gasteiger partial charge in [0.1, 0.15) is 5.82 Å². The summed E-state index contributed by atoms with van der Waals surface area (Å²) in [6, 6.07) is 10.8. The lowest BCUT2D eigenvalue weighted by molar-refractivity contribution is 0.501. The van der Waals surface area contributed by atoms with Gasteiger partial charge in [-0.05, 0) is 91.5 Å². The number of hydrogen-bond acceptors (Lipinski definition) is 3. The lowest BCUT2D eigenvalue weighted by Gasteiger charge is -2.33. The Morgan fingerprint density at radius 1 is 1.04 bits per heavy atom. The highest BCUT2D eigenvalue weighted by atomic mass is 16.1.